The van der Waals surface area contributed by atoms with E-state index in [1.807, 2.05) is 12.1 Å². The van der Waals surface area contributed by atoms with Gasteiger partial charge in [-0.1, -0.05) is 11.6 Å². The van der Waals surface area contributed by atoms with Crippen LogP contribution in [0.5, 0.6) is 0 Å². The summed E-state index contributed by atoms with van der Waals surface area (Å²) in [7, 11) is 0. The lowest BCUT2D eigenvalue weighted by Gasteiger charge is -2.05. The average Bonchev–Trinajstić information content (AvgIpc) is 2.32. The molecule has 0 atom stereocenters. The molecule has 0 amide bonds. The number of benzene rings is 1. The van der Waals surface area contributed by atoms with Gasteiger partial charge in [-0.3, -0.25) is 4.79 Å². The summed E-state index contributed by atoms with van der Waals surface area (Å²) >= 11 is 9.29. The number of aryl methyl sites for hydroxylation is 1. The van der Waals surface area contributed by atoms with E-state index in [2.05, 4.69) is 25.9 Å². The van der Waals surface area contributed by atoms with E-state index in [0.29, 0.717) is 22.1 Å². The molecule has 0 fully saturated rings. The van der Waals surface area contributed by atoms with Gasteiger partial charge in [-0.25, -0.2) is 9.97 Å². The van der Waals surface area contributed by atoms with E-state index in [1.165, 1.54) is 6.92 Å². The van der Waals surface area contributed by atoms with Gasteiger partial charge in [0.05, 0.1) is 16.3 Å². The number of carbonyl (C=O) groups excluding carboxylic acids is 1. The Morgan fingerprint density at radius 3 is 2.67 bits per heavy atom. The van der Waals surface area contributed by atoms with Crippen molar-refractivity contribution in [3.05, 3.63) is 45.1 Å². The molecule has 92 valence electrons. The summed E-state index contributed by atoms with van der Waals surface area (Å²) in [5.74, 6) is 0.547. The predicted molar refractivity (Wildman–Crippen MR) is 74.9 cm³/mol. The topological polar surface area (TPSA) is 42.9 Å². The van der Waals surface area contributed by atoms with Gasteiger partial charge in [-0.05, 0) is 48.0 Å². The molecule has 18 heavy (non-hydrogen) atoms. The zero-order valence-corrected chi connectivity index (χ0v) is 12.2. The fraction of sp³-hybridized carbons (Fsp3) is 0.154. The normalized spacial score (nSPS) is 10.4. The number of hydrogen-bond donors (Lipinski definition) is 0. The molecular weight excluding hydrogens is 316 g/mol. The lowest BCUT2D eigenvalue weighted by Crippen LogP contribution is -2.02. The minimum atomic E-state index is -0.0312. The quantitative estimate of drug-likeness (QED) is 0.782. The van der Waals surface area contributed by atoms with Crippen molar-refractivity contribution >= 4 is 33.3 Å². The van der Waals surface area contributed by atoms with E-state index >= 15 is 0 Å². The molecule has 0 aliphatic carbocycles. The first-order valence-corrected chi connectivity index (χ1v) is 6.46. The van der Waals surface area contributed by atoms with Gasteiger partial charge in [-0.15, -0.1) is 0 Å². The van der Waals surface area contributed by atoms with Gasteiger partial charge in [0.25, 0.3) is 0 Å². The van der Waals surface area contributed by atoms with Crippen LogP contribution in [0.15, 0.2) is 28.9 Å². The van der Waals surface area contributed by atoms with Crippen molar-refractivity contribution < 1.29 is 4.79 Å². The number of aromatic nitrogens is 2. The van der Waals surface area contributed by atoms with Crippen molar-refractivity contribution in [2.24, 2.45) is 0 Å². The summed E-state index contributed by atoms with van der Waals surface area (Å²) in [6.45, 7) is 3.30. The number of halogens is 2. The van der Waals surface area contributed by atoms with E-state index < -0.39 is 0 Å². The molecule has 0 aliphatic rings. The fourth-order valence-corrected chi connectivity index (χ4v) is 2.08. The Hall–Kier alpha value is -1.26. The second-order valence-corrected chi connectivity index (χ2v) is 5.14. The van der Waals surface area contributed by atoms with E-state index in [1.54, 1.807) is 19.2 Å². The zero-order valence-electron chi connectivity index (χ0n) is 9.87. The lowest BCUT2D eigenvalue weighted by molar-refractivity contribution is 0.101. The van der Waals surface area contributed by atoms with Gasteiger partial charge < -0.3 is 0 Å². The van der Waals surface area contributed by atoms with Gasteiger partial charge >= 0.3 is 0 Å². The molecule has 5 heteroatoms. The molecule has 0 radical (unpaired) electrons. The van der Waals surface area contributed by atoms with Crippen LogP contribution in [0.2, 0.25) is 5.02 Å². The van der Waals surface area contributed by atoms with Crippen molar-refractivity contribution in [1.82, 2.24) is 9.97 Å². The molecule has 2 aromatic rings. The first-order valence-electron chi connectivity index (χ1n) is 5.29. The fourth-order valence-electron chi connectivity index (χ4n) is 1.59. The van der Waals surface area contributed by atoms with Crippen LogP contribution in [0.25, 0.3) is 11.4 Å². The number of carbonyl (C=O) groups is 1. The monoisotopic (exact) mass is 324 g/mol. The molecular formula is C13H10BrClN2O. The third-order valence-corrected chi connectivity index (χ3v) is 3.75. The Balaban J connectivity index is 2.48. The second kappa shape index (κ2) is 5.16. The van der Waals surface area contributed by atoms with Crippen LogP contribution in [0.1, 0.15) is 23.0 Å². The van der Waals surface area contributed by atoms with E-state index in [-0.39, 0.29) is 5.78 Å². The number of ketones is 1. The van der Waals surface area contributed by atoms with Gasteiger partial charge in [0.2, 0.25) is 0 Å². The van der Waals surface area contributed by atoms with Crippen molar-refractivity contribution in [3.8, 4) is 11.4 Å². The van der Waals surface area contributed by atoms with Crippen molar-refractivity contribution in [2.45, 2.75) is 13.8 Å². The Labute approximate surface area is 118 Å². The third kappa shape index (κ3) is 2.60. The maximum Gasteiger partial charge on any atom is 0.163 e. The molecule has 1 heterocycles. The summed E-state index contributed by atoms with van der Waals surface area (Å²) in [5, 5.41) is 0.635. The molecule has 0 N–H and O–H groups in total. The zero-order chi connectivity index (χ0) is 13.3. The highest BCUT2D eigenvalue weighted by Crippen LogP contribution is 2.27. The molecule has 1 aromatic carbocycles. The molecule has 3 nitrogen and oxygen atoms in total. The van der Waals surface area contributed by atoms with Gasteiger partial charge in [0, 0.05) is 16.2 Å². The smallest absolute Gasteiger partial charge is 0.163 e. The number of nitrogens with zero attached hydrogens (tertiary/aromatic N) is 2. The van der Waals surface area contributed by atoms with Crippen molar-refractivity contribution in [1.29, 1.82) is 0 Å². The van der Waals surface area contributed by atoms with Crippen LogP contribution in [0.4, 0.5) is 0 Å². The Bertz CT molecular complexity index is 628. The molecule has 0 saturated heterocycles. The summed E-state index contributed by atoms with van der Waals surface area (Å²) < 4.78 is 0.790. The minimum absolute atomic E-state index is 0.0312. The second-order valence-electron chi connectivity index (χ2n) is 3.88. The van der Waals surface area contributed by atoms with Crippen LogP contribution in [0.3, 0.4) is 0 Å². The van der Waals surface area contributed by atoms with Gasteiger partial charge in [0.1, 0.15) is 0 Å². The Morgan fingerprint density at radius 1 is 1.39 bits per heavy atom. The first kappa shape index (κ1) is 13.2. The largest absolute Gasteiger partial charge is 0.294 e. The summed E-state index contributed by atoms with van der Waals surface area (Å²) in [4.78, 5) is 19.9. The van der Waals surface area contributed by atoms with Crippen LogP contribution >= 0.6 is 27.5 Å². The maximum atomic E-state index is 11.3. The summed E-state index contributed by atoms with van der Waals surface area (Å²) in [6.07, 6.45) is 1.56. The van der Waals surface area contributed by atoms with Gasteiger partial charge in [0.15, 0.2) is 11.6 Å². The molecule has 1 aromatic heterocycles. The number of rotatable bonds is 2. The molecule has 0 aliphatic heterocycles. The highest BCUT2D eigenvalue weighted by Gasteiger charge is 2.09. The molecule has 0 unspecified atom stereocenters. The highest BCUT2D eigenvalue weighted by molar-refractivity contribution is 9.10. The van der Waals surface area contributed by atoms with Crippen molar-refractivity contribution in [2.75, 3.05) is 0 Å². The number of Topliss-reactive ketones (excluding diaryl/α,β-unsaturated/α-hetero) is 1. The molecule has 0 spiro atoms. The SMILES string of the molecule is CC(=O)c1cnc(-c2ccc(Cl)c(Br)c2)nc1C. The minimum Gasteiger partial charge on any atom is -0.294 e. The van der Waals surface area contributed by atoms with Crippen molar-refractivity contribution in [3.63, 3.8) is 0 Å². The summed E-state index contributed by atoms with van der Waals surface area (Å²) in [5.41, 5.74) is 2.08. The maximum absolute atomic E-state index is 11.3. The van der Waals surface area contributed by atoms with Crippen LogP contribution in [-0.4, -0.2) is 15.8 Å². The Morgan fingerprint density at radius 2 is 2.11 bits per heavy atom. The third-order valence-electron chi connectivity index (χ3n) is 2.54. The van der Waals surface area contributed by atoms with Crippen LogP contribution in [0, 0.1) is 6.92 Å². The highest BCUT2D eigenvalue weighted by atomic mass is 79.9. The molecule has 0 saturated carbocycles. The summed E-state index contributed by atoms with van der Waals surface area (Å²) in [6, 6.07) is 5.47. The van der Waals surface area contributed by atoms with E-state index in [0.717, 1.165) is 10.0 Å². The molecule has 2 rings (SSSR count). The van der Waals surface area contributed by atoms with Crippen LogP contribution in [-0.2, 0) is 0 Å². The van der Waals surface area contributed by atoms with Gasteiger partial charge in [-0.2, -0.15) is 0 Å². The Kier molecular flexibility index (Phi) is 3.78. The number of hydrogen-bond acceptors (Lipinski definition) is 3. The van der Waals surface area contributed by atoms with Crippen LogP contribution < -0.4 is 0 Å². The van der Waals surface area contributed by atoms with E-state index in [9.17, 15) is 4.79 Å². The average molecular weight is 326 g/mol. The molecule has 0 bridgehead atoms. The standard InChI is InChI=1S/C13H10BrClN2O/c1-7-10(8(2)18)6-16-13(17-7)9-3-4-12(15)11(14)5-9/h3-6H,1-2H3. The van der Waals surface area contributed by atoms with E-state index in [4.69, 9.17) is 11.6 Å². The first-order chi connectivity index (χ1) is 8.49. The predicted octanol–water partition coefficient (Wildman–Crippen LogP) is 4.07. The lowest BCUT2D eigenvalue weighted by atomic mass is 10.1.